The number of nitrogens with one attached hydrogen (secondary N) is 1. The number of alkyl halides is 3. The number of likely N-dealkylation sites (tertiary alicyclic amines) is 1. The molecule has 1 N–H and O–H groups in total. The molecule has 0 aromatic carbocycles. The highest BCUT2D eigenvalue weighted by Crippen LogP contribution is 2.21. The van der Waals surface area contributed by atoms with Gasteiger partial charge in [0.15, 0.2) is 12.6 Å². The van der Waals surface area contributed by atoms with Crippen molar-refractivity contribution in [2.75, 3.05) is 26.7 Å². The van der Waals surface area contributed by atoms with Gasteiger partial charge in [-0.1, -0.05) is 19.9 Å². The second-order valence-electron chi connectivity index (χ2n) is 6.66. The molecule has 1 aliphatic rings. The Hall–Kier alpha value is -1.26. The van der Waals surface area contributed by atoms with Gasteiger partial charge in [-0.05, 0) is 23.8 Å². The fourth-order valence-corrected chi connectivity index (χ4v) is 3.11. The van der Waals surface area contributed by atoms with E-state index >= 15 is 0 Å². The van der Waals surface area contributed by atoms with Crippen LogP contribution in [0.1, 0.15) is 25.8 Å². The minimum absolute atomic E-state index is 0. The molecule has 0 saturated carbocycles. The third-order valence-corrected chi connectivity index (χ3v) is 4.01. The summed E-state index contributed by atoms with van der Waals surface area (Å²) >= 11 is 0. The molecule has 5 nitrogen and oxygen atoms in total. The van der Waals surface area contributed by atoms with Gasteiger partial charge in [0.2, 0.25) is 5.88 Å². The number of guanidine groups is 1. The van der Waals surface area contributed by atoms with Crippen LogP contribution in [-0.2, 0) is 6.54 Å². The third kappa shape index (κ3) is 7.55. The molecule has 1 fully saturated rings. The number of ether oxygens (including phenoxy) is 1. The summed E-state index contributed by atoms with van der Waals surface area (Å²) in [7, 11) is 1.75. The molecule has 148 valence electrons. The van der Waals surface area contributed by atoms with Crippen molar-refractivity contribution in [3.8, 4) is 5.88 Å². The predicted octanol–water partition coefficient (Wildman–Crippen LogP) is 3.69. The number of nitrogens with zero attached hydrogens (tertiary/aromatic N) is 3. The van der Waals surface area contributed by atoms with Crippen molar-refractivity contribution in [3.05, 3.63) is 23.9 Å². The van der Waals surface area contributed by atoms with E-state index in [1.54, 1.807) is 13.1 Å². The summed E-state index contributed by atoms with van der Waals surface area (Å²) in [5.74, 6) is 2.03. The molecule has 0 bridgehead atoms. The van der Waals surface area contributed by atoms with Gasteiger partial charge in [0, 0.05) is 38.9 Å². The molecule has 1 saturated heterocycles. The van der Waals surface area contributed by atoms with Gasteiger partial charge in [0.25, 0.3) is 0 Å². The maximum absolute atomic E-state index is 12.1. The second-order valence-corrected chi connectivity index (χ2v) is 6.66. The average molecular weight is 486 g/mol. The summed E-state index contributed by atoms with van der Waals surface area (Å²) in [5, 5.41) is 3.29. The van der Waals surface area contributed by atoms with E-state index in [9.17, 15) is 13.2 Å². The molecule has 2 rings (SSSR count). The van der Waals surface area contributed by atoms with Crippen molar-refractivity contribution in [3.63, 3.8) is 0 Å². The van der Waals surface area contributed by atoms with Gasteiger partial charge in [0.1, 0.15) is 0 Å². The molecule has 1 aromatic rings. The van der Waals surface area contributed by atoms with Crippen molar-refractivity contribution in [2.45, 2.75) is 33.0 Å². The maximum atomic E-state index is 12.1. The highest BCUT2D eigenvalue weighted by atomic mass is 127. The zero-order chi connectivity index (χ0) is 18.4. The Kier molecular flexibility index (Phi) is 8.91. The normalized spacial score (nSPS) is 21.2. The maximum Gasteiger partial charge on any atom is 0.422 e. The van der Waals surface area contributed by atoms with Gasteiger partial charge in [-0.2, -0.15) is 13.2 Å². The Morgan fingerprint density at radius 2 is 1.96 bits per heavy atom. The van der Waals surface area contributed by atoms with Crippen LogP contribution in [0.25, 0.3) is 0 Å². The fraction of sp³-hybridized carbons (Fsp3) is 0.647. The smallest absolute Gasteiger partial charge is 0.422 e. The Bertz CT molecular complexity index is 570. The summed E-state index contributed by atoms with van der Waals surface area (Å²) in [4.78, 5) is 10.5. The van der Waals surface area contributed by atoms with Gasteiger partial charge in [0.05, 0.1) is 0 Å². The van der Waals surface area contributed by atoms with Gasteiger partial charge < -0.3 is 15.0 Å². The van der Waals surface area contributed by atoms with E-state index in [-0.39, 0.29) is 29.9 Å². The van der Waals surface area contributed by atoms with Gasteiger partial charge in [-0.3, -0.25) is 4.99 Å². The van der Waals surface area contributed by atoms with E-state index < -0.39 is 12.8 Å². The van der Waals surface area contributed by atoms with Crippen LogP contribution in [0.4, 0.5) is 13.2 Å². The standard InChI is InChI=1S/C17H25F3N4O.HI/c1-12-6-13(2)10-24(9-12)16(21-3)23-8-14-4-5-15(22-7-14)25-11-17(18,19)20;/h4-5,7,12-13H,6,8-11H2,1-3H3,(H,21,23);1H. The Balaban J connectivity index is 0.00000338. The number of hydrogen-bond acceptors (Lipinski definition) is 3. The molecule has 2 atom stereocenters. The SMILES string of the molecule is CN=C(NCc1ccc(OCC(F)(F)F)nc1)N1CC(C)CC(C)C1.I. The molecule has 1 aliphatic heterocycles. The lowest BCUT2D eigenvalue weighted by Crippen LogP contribution is -2.48. The van der Waals surface area contributed by atoms with E-state index in [0.29, 0.717) is 18.4 Å². The summed E-state index contributed by atoms with van der Waals surface area (Å²) in [6.45, 7) is 5.56. The first-order valence-electron chi connectivity index (χ1n) is 8.37. The van der Waals surface area contributed by atoms with Crippen molar-refractivity contribution >= 4 is 29.9 Å². The highest BCUT2D eigenvalue weighted by molar-refractivity contribution is 14.0. The lowest BCUT2D eigenvalue weighted by atomic mass is 9.92. The lowest BCUT2D eigenvalue weighted by Gasteiger charge is -2.37. The average Bonchev–Trinajstić information content (AvgIpc) is 2.53. The second kappa shape index (κ2) is 10.2. The predicted molar refractivity (Wildman–Crippen MR) is 106 cm³/mol. The van der Waals surface area contributed by atoms with E-state index in [1.165, 1.54) is 18.7 Å². The molecule has 0 amide bonds. The first-order valence-corrected chi connectivity index (χ1v) is 8.37. The number of aliphatic imine (C=N–C) groups is 1. The molecule has 1 aromatic heterocycles. The molecule has 9 heteroatoms. The van der Waals surface area contributed by atoms with Crippen molar-refractivity contribution in [1.29, 1.82) is 0 Å². The molecule has 2 unspecified atom stereocenters. The van der Waals surface area contributed by atoms with Crippen LogP contribution in [0.5, 0.6) is 5.88 Å². The largest absolute Gasteiger partial charge is 0.468 e. The monoisotopic (exact) mass is 486 g/mol. The van der Waals surface area contributed by atoms with E-state index in [2.05, 4.69) is 38.8 Å². The van der Waals surface area contributed by atoms with Crippen LogP contribution in [0.15, 0.2) is 23.3 Å². The zero-order valence-electron chi connectivity index (χ0n) is 15.2. The minimum atomic E-state index is -4.36. The Morgan fingerprint density at radius 3 is 2.46 bits per heavy atom. The first kappa shape index (κ1) is 22.8. The van der Waals surface area contributed by atoms with Crippen LogP contribution in [0.2, 0.25) is 0 Å². The summed E-state index contributed by atoms with van der Waals surface area (Å²) in [6, 6.07) is 3.14. The first-order chi connectivity index (χ1) is 11.8. The van der Waals surface area contributed by atoms with Gasteiger partial charge in [-0.15, -0.1) is 24.0 Å². The highest BCUT2D eigenvalue weighted by Gasteiger charge is 2.28. The van der Waals surface area contributed by atoms with Gasteiger partial charge in [-0.25, -0.2) is 4.98 Å². The van der Waals surface area contributed by atoms with Crippen LogP contribution in [-0.4, -0.2) is 48.8 Å². The number of aromatic nitrogens is 1. The summed E-state index contributed by atoms with van der Waals surface area (Å²) < 4.78 is 41.0. The number of hydrogen-bond donors (Lipinski definition) is 1. The van der Waals surface area contributed by atoms with Crippen molar-refractivity contribution in [1.82, 2.24) is 15.2 Å². The van der Waals surface area contributed by atoms with Gasteiger partial charge >= 0.3 is 6.18 Å². The van der Waals surface area contributed by atoms with Crippen LogP contribution >= 0.6 is 24.0 Å². The summed E-state index contributed by atoms with van der Waals surface area (Å²) in [5.41, 5.74) is 0.846. The Labute approximate surface area is 169 Å². The topological polar surface area (TPSA) is 49.8 Å². The van der Waals surface area contributed by atoms with Crippen molar-refractivity contribution in [2.24, 2.45) is 16.8 Å². The minimum Gasteiger partial charge on any atom is -0.468 e. The number of rotatable bonds is 4. The zero-order valence-corrected chi connectivity index (χ0v) is 17.5. The molecule has 26 heavy (non-hydrogen) atoms. The molecule has 2 heterocycles. The number of halogens is 4. The van der Waals surface area contributed by atoms with Crippen molar-refractivity contribution < 1.29 is 17.9 Å². The van der Waals surface area contributed by atoms with Crippen LogP contribution in [0.3, 0.4) is 0 Å². The van der Waals surface area contributed by atoms with E-state index in [1.807, 2.05) is 0 Å². The molecule has 0 spiro atoms. The quantitative estimate of drug-likeness (QED) is 0.401. The summed E-state index contributed by atoms with van der Waals surface area (Å²) in [6.07, 6.45) is -1.64. The Morgan fingerprint density at radius 1 is 1.31 bits per heavy atom. The molecular weight excluding hydrogens is 460 g/mol. The fourth-order valence-electron chi connectivity index (χ4n) is 3.11. The van der Waals surface area contributed by atoms with E-state index in [4.69, 9.17) is 0 Å². The molecular formula is C17H26F3IN4O. The lowest BCUT2D eigenvalue weighted by molar-refractivity contribution is -0.154. The third-order valence-electron chi connectivity index (χ3n) is 4.01. The van der Waals surface area contributed by atoms with Crippen LogP contribution < -0.4 is 10.1 Å². The van der Waals surface area contributed by atoms with E-state index in [0.717, 1.165) is 24.6 Å². The molecule has 0 radical (unpaired) electrons. The number of piperidine rings is 1. The molecule has 0 aliphatic carbocycles. The number of pyridine rings is 1. The van der Waals surface area contributed by atoms with Crippen LogP contribution in [0, 0.1) is 11.8 Å².